The van der Waals surface area contributed by atoms with Gasteiger partial charge in [0.05, 0.1) is 17.9 Å². The first kappa shape index (κ1) is 21.7. The summed E-state index contributed by atoms with van der Waals surface area (Å²) in [5.41, 5.74) is 2.06. The van der Waals surface area contributed by atoms with Gasteiger partial charge < -0.3 is 15.0 Å². The van der Waals surface area contributed by atoms with E-state index in [2.05, 4.69) is 27.4 Å². The first-order valence-corrected chi connectivity index (χ1v) is 9.36. The number of aromatic nitrogens is 2. The molecule has 1 aliphatic rings. The fourth-order valence-corrected chi connectivity index (χ4v) is 3.25. The number of aliphatic imine (C=N–C) groups is 1. The van der Waals surface area contributed by atoms with Gasteiger partial charge in [0, 0.05) is 40.1 Å². The Morgan fingerprint density at radius 1 is 1.26 bits per heavy atom. The molecule has 7 heteroatoms. The first-order chi connectivity index (χ1) is 12.8. The second-order valence-electron chi connectivity index (χ2n) is 6.75. The van der Waals surface area contributed by atoms with E-state index in [1.54, 1.807) is 0 Å². The zero-order valence-electron chi connectivity index (χ0n) is 16.2. The molecular weight excluding hydrogens is 453 g/mol. The quantitative estimate of drug-likeness (QED) is 0.389. The number of nitrogens with zero attached hydrogens (tertiary/aromatic N) is 4. The molecule has 0 unspecified atom stereocenters. The maximum atomic E-state index is 5.44. The number of hydrogen-bond donors (Lipinski definition) is 1. The molecule has 1 aromatic heterocycles. The SMILES string of the molecule is CN=C(NCc1ccn(-c2ccccc2)n1)N(C)CCC1CCOCC1.I. The van der Waals surface area contributed by atoms with Crippen molar-refractivity contribution in [1.29, 1.82) is 0 Å². The van der Waals surface area contributed by atoms with Crippen molar-refractivity contribution < 1.29 is 4.74 Å². The van der Waals surface area contributed by atoms with E-state index in [1.165, 1.54) is 19.3 Å². The lowest BCUT2D eigenvalue weighted by Gasteiger charge is -2.26. The van der Waals surface area contributed by atoms with Crippen molar-refractivity contribution in [3.05, 3.63) is 48.3 Å². The lowest BCUT2D eigenvalue weighted by atomic mass is 9.96. The van der Waals surface area contributed by atoms with Crippen LogP contribution in [0.3, 0.4) is 0 Å². The maximum absolute atomic E-state index is 5.44. The van der Waals surface area contributed by atoms with Gasteiger partial charge in [-0.15, -0.1) is 24.0 Å². The average Bonchev–Trinajstić information content (AvgIpc) is 3.17. The molecule has 2 aromatic rings. The zero-order chi connectivity index (χ0) is 18.2. The summed E-state index contributed by atoms with van der Waals surface area (Å²) in [5, 5.41) is 8.05. The highest BCUT2D eigenvalue weighted by molar-refractivity contribution is 14.0. The summed E-state index contributed by atoms with van der Waals surface area (Å²) in [5.74, 6) is 1.68. The number of halogens is 1. The van der Waals surface area contributed by atoms with Gasteiger partial charge in [0.1, 0.15) is 0 Å². The Bertz CT molecular complexity index is 697. The van der Waals surface area contributed by atoms with Crippen LogP contribution in [-0.2, 0) is 11.3 Å². The van der Waals surface area contributed by atoms with Gasteiger partial charge in [-0.05, 0) is 43.4 Å². The molecule has 0 radical (unpaired) electrons. The fourth-order valence-electron chi connectivity index (χ4n) is 3.25. The topological polar surface area (TPSA) is 54.7 Å². The van der Waals surface area contributed by atoms with Crippen LogP contribution in [0.1, 0.15) is 25.0 Å². The molecule has 1 saturated heterocycles. The number of para-hydroxylation sites is 1. The Kier molecular flexibility index (Phi) is 9.06. The van der Waals surface area contributed by atoms with Crippen molar-refractivity contribution in [2.45, 2.75) is 25.8 Å². The molecule has 6 nitrogen and oxygen atoms in total. The minimum atomic E-state index is 0. The van der Waals surface area contributed by atoms with E-state index in [0.717, 1.165) is 43.0 Å². The first-order valence-electron chi connectivity index (χ1n) is 9.36. The van der Waals surface area contributed by atoms with Crippen LogP contribution < -0.4 is 5.32 Å². The van der Waals surface area contributed by atoms with Gasteiger partial charge in [0.25, 0.3) is 0 Å². The summed E-state index contributed by atoms with van der Waals surface area (Å²) >= 11 is 0. The minimum Gasteiger partial charge on any atom is -0.381 e. The van der Waals surface area contributed by atoms with E-state index in [0.29, 0.717) is 6.54 Å². The van der Waals surface area contributed by atoms with E-state index in [1.807, 2.05) is 54.3 Å². The van der Waals surface area contributed by atoms with Crippen LogP contribution in [-0.4, -0.2) is 54.5 Å². The second-order valence-corrected chi connectivity index (χ2v) is 6.75. The summed E-state index contributed by atoms with van der Waals surface area (Å²) in [7, 11) is 3.92. The lowest BCUT2D eigenvalue weighted by Crippen LogP contribution is -2.39. The third-order valence-electron chi connectivity index (χ3n) is 4.88. The second kappa shape index (κ2) is 11.3. The van der Waals surface area contributed by atoms with Crippen molar-refractivity contribution in [2.24, 2.45) is 10.9 Å². The van der Waals surface area contributed by atoms with Crippen LogP contribution in [0, 0.1) is 5.92 Å². The summed E-state index contributed by atoms with van der Waals surface area (Å²) in [6.07, 6.45) is 5.53. The smallest absolute Gasteiger partial charge is 0.193 e. The van der Waals surface area contributed by atoms with Crippen molar-refractivity contribution in [3.8, 4) is 5.69 Å². The van der Waals surface area contributed by atoms with Crippen molar-refractivity contribution in [1.82, 2.24) is 20.0 Å². The predicted octanol–water partition coefficient (Wildman–Crippen LogP) is 3.31. The van der Waals surface area contributed by atoms with E-state index < -0.39 is 0 Å². The van der Waals surface area contributed by atoms with Gasteiger partial charge in [0.15, 0.2) is 5.96 Å². The van der Waals surface area contributed by atoms with E-state index in [4.69, 9.17) is 4.74 Å². The molecule has 0 bridgehead atoms. The van der Waals surface area contributed by atoms with Crippen molar-refractivity contribution in [2.75, 3.05) is 33.9 Å². The van der Waals surface area contributed by atoms with Gasteiger partial charge >= 0.3 is 0 Å². The minimum absolute atomic E-state index is 0. The Balaban J connectivity index is 0.00000261. The average molecular weight is 483 g/mol. The van der Waals surface area contributed by atoms with Gasteiger partial charge in [-0.1, -0.05) is 18.2 Å². The normalized spacial score (nSPS) is 15.3. The maximum Gasteiger partial charge on any atom is 0.193 e. The van der Waals surface area contributed by atoms with Crippen LogP contribution in [0.2, 0.25) is 0 Å². The van der Waals surface area contributed by atoms with E-state index >= 15 is 0 Å². The molecule has 3 rings (SSSR count). The summed E-state index contributed by atoms with van der Waals surface area (Å²) in [4.78, 5) is 6.60. The molecule has 27 heavy (non-hydrogen) atoms. The highest BCUT2D eigenvalue weighted by Crippen LogP contribution is 2.18. The molecule has 148 valence electrons. The number of rotatable bonds is 6. The Labute approximate surface area is 179 Å². The van der Waals surface area contributed by atoms with Crippen LogP contribution in [0.15, 0.2) is 47.6 Å². The molecule has 1 aliphatic heterocycles. The van der Waals surface area contributed by atoms with E-state index in [9.17, 15) is 0 Å². The third-order valence-corrected chi connectivity index (χ3v) is 4.88. The van der Waals surface area contributed by atoms with Gasteiger partial charge in [-0.25, -0.2) is 4.68 Å². The summed E-state index contributed by atoms with van der Waals surface area (Å²) in [6.45, 7) is 3.48. The number of ether oxygens (including phenoxy) is 1. The standard InChI is InChI=1S/C20H29N5O.HI/c1-21-20(24(2)12-8-17-10-14-26-15-11-17)22-16-18-9-13-25(23-18)19-6-4-3-5-7-19;/h3-7,9,13,17H,8,10-12,14-16H2,1-2H3,(H,21,22);1H. The number of hydrogen-bond acceptors (Lipinski definition) is 3. The predicted molar refractivity (Wildman–Crippen MR) is 120 cm³/mol. The highest BCUT2D eigenvalue weighted by Gasteiger charge is 2.15. The fraction of sp³-hybridized carbons (Fsp3) is 0.500. The summed E-state index contributed by atoms with van der Waals surface area (Å²) in [6, 6.07) is 12.2. The zero-order valence-corrected chi connectivity index (χ0v) is 18.5. The Morgan fingerprint density at radius 3 is 2.70 bits per heavy atom. The monoisotopic (exact) mass is 483 g/mol. The van der Waals surface area contributed by atoms with Crippen LogP contribution >= 0.6 is 24.0 Å². The summed E-state index contributed by atoms with van der Waals surface area (Å²) < 4.78 is 7.34. The molecule has 0 atom stereocenters. The van der Waals surface area contributed by atoms with Crippen LogP contribution in [0.4, 0.5) is 0 Å². The van der Waals surface area contributed by atoms with Crippen molar-refractivity contribution in [3.63, 3.8) is 0 Å². The Morgan fingerprint density at radius 2 is 2.00 bits per heavy atom. The van der Waals surface area contributed by atoms with E-state index in [-0.39, 0.29) is 24.0 Å². The molecule has 1 aromatic carbocycles. The molecule has 1 fully saturated rings. The molecule has 0 aliphatic carbocycles. The molecular formula is C20H30IN5O. The number of benzene rings is 1. The molecule has 0 saturated carbocycles. The van der Waals surface area contributed by atoms with Crippen molar-refractivity contribution >= 4 is 29.9 Å². The molecule has 1 N–H and O–H groups in total. The number of nitrogens with one attached hydrogen (secondary N) is 1. The number of guanidine groups is 1. The molecule has 0 spiro atoms. The molecule has 2 heterocycles. The van der Waals surface area contributed by atoms with Crippen LogP contribution in [0.25, 0.3) is 5.69 Å². The molecule has 0 amide bonds. The lowest BCUT2D eigenvalue weighted by molar-refractivity contribution is 0.0625. The Hall–Kier alpha value is -1.61. The van der Waals surface area contributed by atoms with Gasteiger partial charge in [0.2, 0.25) is 0 Å². The van der Waals surface area contributed by atoms with Gasteiger partial charge in [-0.2, -0.15) is 5.10 Å². The third kappa shape index (κ3) is 6.49. The van der Waals surface area contributed by atoms with Crippen LogP contribution in [0.5, 0.6) is 0 Å². The van der Waals surface area contributed by atoms with Gasteiger partial charge in [-0.3, -0.25) is 4.99 Å². The highest BCUT2D eigenvalue weighted by atomic mass is 127. The largest absolute Gasteiger partial charge is 0.381 e.